The molecule has 4 heteroatoms. The summed E-state index contributed by atoms with van der Waals surface area (Å²) in [5.41, 5.74) is 5.66. The van der Waals surface area contributed by atoms with Gasteiger partial charge in [-0.05, 0) is 64.5 Å². The van der Waals surface area contributed by atoms with Crippen LogP contribution in [0.25, 0.3) is 0 Å². The first-order chi connectivity index (χ1) is 19.2. The molecule has 0 fully saturated rings. The van der Waals surface area contributed by atoms with E-state index in [-0.39, 0.29) is 5.82 Å². The van der Waals surface area contributed by atoms with Gasteiger partial charge in [-0.15, -0.1) is 0 Å². The lowest BCUT2D eigenvalue weighted by atomic mass is 9.91. The highest BCUT2D eigenvalue weighted by Crippen LogP contribution is 2.31. The molecule has 1 aliphatic rings. The molecule has 0 aliphatic heterocycles. The third-order valence-electron chi connectivity index (χ3n) is 6.81. The Morgan fingerprint density at radius 1 is 0.872 bits per heavy atom. The van der Waals surface area contributed by atoms with Crippen molar-refractivity contribution in [3.63, 3.8) is 0 Å². The van der Waals surface area contributed by atoms with Gasteiger partial charge >= 0.3 is 0 Å². The van der Waals surface area contributed by atoms with Gasteiger partial charge in [0.15, 0.2) is 0 Å². The van der Waals surface area contributed by atoms with Crippen molar-refractivity contribution in [3.8, 4) is 5.75 Å². The maximum Gasteiger partial charge on any atom is 0.131 e. The second-order valence-corrected chi connectivity index (χ2v) is 11.2. The van der Waals surface area contributed by atoms with Crippen molar-refractivity contribution in [3.05, 3.63) is 149 Å². The molecular weight excluding hydrogens is 500 g/mol. The van der Waals surface area contributed by atoms with Crippen LogP contribution in [0.4, 0.5) is 4.39 Å². The van der Waals surface area contributed by atoms with E-state index in [1.165, 1.54) is 22.8 Å². The molecule has 5 rings (SSSR count). The molecule has 1 aliphatic carbocycles. The maximum atomic E-state index is 14.1. The lowest BCUT2D eigenvalue weighted by Crippen LogP contribution is -2.16. The minimum atomic E-state index is -0.255. The van der Waals surface area contributed by atoms with E-state index in [4.69, 9.17) is 4.74 Å². The minimum Gasteiger partial charge on any atom is -0.488 e. The zero-order valence-corrected chi connectivity index (χ0v) is 23.2. The first-order valence-electron chi connectivity index (χ1n) is 13.4. The van der Waals surface area contributed by atoms with Crippen LogP contribution in [0.2, 0.25) is 0 Å². The van der Waals surface area contributed by atoms with E-state index in [0.717, 1.165) is 46.7 Å². The average Bonchev–Trinajstić information content (AvgIpc) is 2.96. The molecule has 4 aromatic carbocycles. The topological polar surface area (TPSA) is 21.6 Å². The number of benzene rings is 4. The molecule has 2 atom stereocenters. The van der Waals surface area contributed by atoms with E-state index in [9.17, 15) is 4.39 Å². The van der Waals surface area contributed by atoms with Crippen molar-refractivity contribution in [2.75, 3.05) is 7.05 Å². The van der Waals surface area contributed by atoms with Crippen molar-refractivity contribution in [2.24, 2.45) is 10.9 Å². The number of hydrogen-bond acceptors (Lipinski definition) is 2. The van der Waals surface area contributed by atoms with Crippen LogP contribution in [0.1, 0.15) is 34.2 Å². The number of allylic oxidation sites excluding steroid dienone is 4. The fraction of sp³-hybridized carbons (Fsp3) is 0.171. The number of hydrogen-bond donors (Lipinski definition) is 0. The molecule has 0 N–H and O–H groups in total. The van der Waals surface area contributed by atoms with Crippen molar-refractivity contribution in [2.45, 2.75) is 25.9 Å². The summed E-state index contributed by atoms with van der Waals surface area (Å²) < 4.78 is 20.8. The first kappa shape index (κ1) is 26.8. The zero-order chi connectivity index (χ0) is 26.9. The predicted octanol–water partition coefficient (Wildman–Crippen LogP) is 7.35. The van der Waals surface area contributed by atoms with Crippen molar-refractivity contribution in [1.82, 2.24) is 0 Å². The van der Waals surface area contributed by atoms with Gasteiger partial charge in [0.25, 0.3) is 0 Å². The summed E-state index contributed by atoms with van der Waals surface area (Å²) in [6, 6.07) is 30.4. The Balaban J connectivity index is 1.58. The van der Waals surface area contributed by atoms with Gasteiger partial charge in [0.1, 0.15) is 18.2 Å². The lowest BCUT2D eigenvalue weighted by Gasteiger charge is -2.21. The fourth-order valence-corrected chi connectivity index (χ4v) is 6.28. The number of nitrogens with zero attached hydrogens (tertiary/aromatic N) is 1. The maximum absolute atomic E-state index is 14.1. The molecule has 0 heterocycles. The van der Waals surface area contributed by atoms with Gasteiger partial charge in [-0.3, -0.25) is 4.99 Å². The summed E-state index contributed by atoms with van der Waals surface area (Å²) in [4.78, 5) is 4.18. The Bertz CT molecular complexity index is 1480. The zero-order valence-electron chi connectivity index (χ0n) is 22.2. The molecular formula is C35H33FNOP. The minimum absolute atomic E-state index is 0.255. The highest BCUT2D eigenvalue weighted by Gasteiger charge is 2.18. The van der Waals surface area contributed by atoms with Crippen molar-refractivity contribution in [1.29, 1.82) is 0 Å². The van der Waals surface area contributed by atoms with E-state index < -0.39 is 0 Å². The van der Waals surface area contributed by atoms with Crippen LogP contribution in [-0.4, -0.2) is 13.3 Å². The molecule has 0 bridgehead atoms. The van der Waals surface area contributed by atoms with Crippen LogP contribution < -0.4 is 15.3 Å². The average molecular weight is 534 g/mol. The largest absolute Gasteiger partial charge is 0.488 e. The molecule has 0 saturated heterocycles. The summed E-state index contributed by atoms with van der Waals surface area (Å²) in [5, 5.41) is 2.19. The third-order valence-corrected chi connectivity index (χ3v) is 8.17. The molecule has 39 heavy (non-hydrogen) atoms. The normalized spacial score (nSPS) is 15.0. The summed E-state index contributed by atoms with van der Waals surface area (Å²) in [7, 11) is 2.02. The van der Waals surface area contributed by atoms with Crippen LogP contribution in [0.3, 0.4) is 0 Å². The Hall–Kier alpha value is -3.81. The highest BCUT2D eigenvalue weighted by atomic mass is 31.1. The van der Waals surface area contributed by atoms with Gasteiger partial charge in [0, 0.05) is 30.6 Å². The Morgan fingerprint density at radius 2 is 1.64 bits per heavy atom. The summed E-state index contributed by atoms with van der Waals surface area (Å²) >= 11 is 0. The van der Waals surface area contributed by atoms with Gasteiger partial charge in [-0.2, -0.15) is 0 Å². The second-order valence-electron chi connectivity index (χ2n) is 9.83. The quantitative estimate of drug-likeness (QED) is 0.154. The van der Waals surface area contributed by atoms with Gasteiger partial charge in [-0.1, -0.05) is 106 Å². The number of ether oxygens (including phenoxy) is 1. The Morgan fingerprint density at radius 3 is 2.36 bits per heavy atom. The van der Waals surface area contributed by atoms with Gasteiger partial charge in [0.05, 0.1) is 0 Å². The molecule has 0 spiro atoms. The molecule has 0 radical (unpaired) electrons. The van der Waals surface area contributed by atoms with Gasteiger partial charge < -0.3 is 4.74 Å². The highest BCUT2D eigenvalue weighted by molar-refractivity contribution is 7.56. The van der Waals surface area contributed by atoms with Crippen LogP contribution in [0.15, 0.2) is 120 Å². The second kappa shape index (κ2) is 13.3. The number of halogens is 1. The fourth-order valence-electron chi connectivity index (χ4n) is 4.94. The van der Waals surface area contributed by atoms with E-state index >= 15 is 0 Å². The SMILES string of the molecule is CN=Cc1cc(F)ccc1Pc1cc(CC2C=CC=CC2)cc(Cc2ccccc2)c1OCc1ccccc1. The van der Waals surface area contributed by atoms with E-state index in [0.29, 0.717) is 21.1 Å². The summed E-state index contributed by atoms with van der Waals surface area (Å²) in [6.07, 6.45) is 13.3. The monoisotopic (exact) mass is 533 g/mol. The van der Waals surface area contributed by atoms with Crippen LogP contribution in [0.5, 0.6) is 5.75 Å². The molecule has 0 saturated carbocycles. The lowest BCUT2D eigenvalue weighted by molar-refractivity contribution is 0.306. The predicted molar refractivity (Wildman–Crippen MR) is 164 cm³/mol. The molecule has 0 aromatic heterocycles. The van der Waals surface area contributed by atoms with Crippen LogP contribution in [0, 0.1) is 11.7 Å². The van der Waals surface area contributed by atoms with Gasteiger partial charge in [-0.25, -0.2) is 4.39 Å². The molecule has 0 amide bonds. The number of aliphatic imine (C=N–C) groups is 1. The van der Waals surface area contributed by atoms with E-state index in [2.05, 4.69) is 77.8 Å². The van der Waals surface area contributed by atoms with E-state index in [1.54, 1.807) is 19.3 Å². The molecule has 4 aromatic rings. The first-order valence-corrected chi connectivity index (χ1v) is 14.4. The third kappa shape index (κ3) is 7.40. The summed E-state index contributed by atoms with van der Waals surface area (Å²) in [6.45, 7) is 0.488. The number of rotatable bonds is 10. The smallest absolute Gasteiger partial charge is 0.131 e. The van der Waals surface area contributed by atoms with E-state index in [1.807, 2.05) is 30.3 Å². The van der Waals surface area contributed by atoms with Crippen molar-refractivity contribution >= 4 is 25.4 Å². The molecule has 2 nitrogen and oxygen atoms in total. The molecule has 196 valence electrons. The standard InChI is InChI=1S/C35H33FNOP/c1-37-24-31-23-32(36)17-18-33(31)39-34-22-29(19-26-11-5-2-6-12-26)21-30(20-27-13-7-3-8-14-27)35(34)38-25-28-15-9-4-10-16-28/h2-11,13-18,21-24,26,39H,12,19-20,25H2,1H3. The Kier molecular flexibility index (Phi) is 9.14. The Labute approximate surface area is 232 Å². The van der Waals surface area contributed by atoms with Crippen molar-refractivity contribution < 1.29 is 9.13 Å². The van der Waals surface area contributed by atoms with Crippen LogP contribution >= 0.6 is 8.58 Å². The van der Waals surface area contributed by atoms with Crippen LogP contribution in [-0.2, 0) is 19.4 Å². The van der Waals surface area contributed by atoms with Gasteiger partial charge in [0.2, 0.25) is 0 Å². The summed E-state index contributed by atoms with van der Waals surface area (Å²) in [5.74, 6) is 1.14. The molecule has 2 unspecified atom stereocenters.